The standard InChI is InChI=1S/C15H22N2O/c1-11-5-3-7-13(9-11)16-15(18)17-14-8-4-6-12(2)10-14/h3,5,7,9,12,14H,4,6,8,10H2,1-2H3,(H2,16,17,18). The van der Waals surface area contributed by atoms with Crippen molar-refractivity contribution in [3.05, 3.63) is 29.8 Å². The molecule has 0 aliphatic heterocycles. The highest BCUT2D eigenvalue weighted by Gasteiger charge is 2.20. The maximum Gasteiger partial charge on any atom is 0.319 e. The number of carbonyl (C=O) groups is 1. The molecule has 2 atom stereocenters. The zero-order valence-corrected chi connectivity index (χ0v) is 11.2. The molecule has 2 amide bonds. The Balaban J connectivity index is 1.85. The maximum atomic E-state index is 11.9. The van der Waals surface area contributed by atoms with Crippen molar-refractivity contribution in [3.8, 4) is 0 Å². The second kappa shape index (κ2) is 5.89. The lowest BCUT2D eigenvalue weighted by Gasteiger charge is -2.27. The number of hydrogen-bond donors (Lipinski definition) is 2. The van der Waals surface area contributed by atoms with Crippen LogP contribution in [-0.2, 0) is 0 Å². The highest BCUT2D eigenvalue weighted by molar-refractivity contribution is 5.89. The van der Waals surface area contributed by atoms with Crippen molar-refractivity contribution < 1.29 is 4.79 Å². The number of benzene rings is 1. The largest absolute Gasteiger partial charge is 0.335 e. The molecule has 3 heteroatoms. The number of aryl methyl sites for hydroxylation is 1. The summed E-state index contributed by atoms with van der Waals surface area (Å²) >= 11 is 0. The van der Waals surface area contributed by atoms with E-state index in [2.05, 4.69) is 17.6 Å². The van der Waals surface area contributed by atoms with Crippen LogP contribution in [0.2, 0.25) is 0 Å². The number of nitrogens with one attached hydrogen (secondary N) is 2. The van der Waals surface area contributed by atoms with Gasteiger partial charge in [0.15, 0.2) is 0 Å². The molecule has 0 bridgehead atoms. The zero-order valence-electron chi connectivity index (χ0n) is 11.2. The van der Waals surface area contributed by atoms with E-state index in [0.29, 0.717) is 6.04 Å². The molecule has 0 aromatic heterocycles. The highest BCUT2D eigenvalue weighted by Crippen LogP contribution is 2.23. The zero-order chi connectivity index (χ0) is 13.0. The summed E-state index contributed by atoms with van der Waals surface area (Å²) in [5.41, 5.74) is 2.01. The summed E-state index contributed by atoms with van der Waals surface area (Å²) < 4.78 is 0. The molecular formula is C15H22N2O. The molecular weight excluding hydrogens is 224 g/mol. The maximum absolute atomic E-state index is 11.9. The van der Waals surface area contributed by atoms with Gasteiger partial charge in [0.25, 0.3) is 0 Å². The molecule has 2 N–H and O–H groups in total. The summed E-state index contributed by atoms with van der Waals surface area (Å²) in [5.74, 6) is 0.725. The monoisotopic (exact) mass is 246 g/mol. The van der Waals surface area contributed by atoms with Gasteiger partial charge in [-0.25, -0.2) is 4.79 Å². The molecule has 1 aliphatic carbocycles. The van der Waals surface area contributed by atoms with E-state index in [1.54, 1.807) is 0 Å². The first-order valence-corrected chi connectivity index (χ1v) is 6.77. The fourth-order valence-electron chi connectivity index (χ4n) is 2.64. The average molecular weight is 246 g/mol. The number of rotatable bonds is 2. The van der Waals surface area contributed by atoms with Crippen LogP contribution in [-0.4, -0.2) is 12.1 Å². The first kappa shape index (κ1) is 12.9. The molecule has 1 saturated carbocycles. The van der Waals surface area contributed by atoms with Gasteiger partial charge in [0.05, 0.1) is 0 Å². The van der Waals surface area contributed by atoms with Crippen LogP contribution >= 0.6 is 0 Å². The van der Waals surface area contributed by atoms with Crippen LogP contribution in [0.3, 0.4) is 0 Å². The van der Waals surface area contributed by atoms with Crippen LogP contribution in [0.1, 0.15) is 38.2 Å². The Morgan fingerprint density at radius 3 is 2.89 bits per heavy atom. The molecule has 1 aromatic carbocycles. The molecule has 2 rings (SSSR count). The third kappa shape index (κ3) is 3.76. The van der Waals surface area contributed by atoms with Crippen LogP contribution in [0, 0.1) is 12.8 Å². The van der Waals surface area contributed by atoms with Crippen molar-refractivity contribution in [2.24, 2.45) is 5.92 Å². The van der Waals surface area contributed by atoms with E-state index >= 15 is 0 Å². The first-order chi connectivity index (χ1) is 8.63. The van der Waals surface area contributed by atoms with Gasteiger partial charge in [-0.2, -0.15) is 0 Å². The molecule has 98 valence electrons. The molecule has 1 aromatic rings. The quantitative estimate of drug-likeness (QED) is 0.821. The summed E-state index contributed by atoms with van der Waals surface area (Å²) in [7, 11) is 0. The smallest absolute Gasteiger partial charge is 0.319 e. The Morgan fingerprint density at radius 1 is 1.33 bits per heavy atom. The molecule has 18 heavy (non-hydrogen) atoms. The molecule has 0 spiro atoms. The van der Waals surface area contributed by atoms with Crippen LogP contribution in [0.4, 0.5) is 10.5 Å². The Labute approximate surface area is 109 Å². The molecule has 1 fully saturated rings. The van der Waals surface area contributed by atoms with Crippen molar-refractivity contribution in [1.29, 1.82) is 0 Å². The average Bonchev–Trinajstić information content (AvgIpc) is 2.28. The Kier molecular flexibility index (Phi) is 4.24. The lowest BCUT2D eigenvalue weighted by atomic mass is 9.87. The fraction of sp³-hybridized carbons (Fsp3) is 0.533. The number of anilines is 1. The Bertz CT molecular complexity index is 417. The summed E-state index contributed by atoms with van der Waals surface area (Å²) in [4.78, 5) is 11.9. The normalized spacial score (nSPS) is 23.4. The minimum atomic E-state index is -0.0836. The number of carbonyl (C=O) groups excluding carboxylic acids is 1. The number of urea groups is 1. The number of amides is 2. The Morgan fingerprint density at radius 2 is 2.17 bits per heavy atom. The van der Waals surface area contributed by atoms with Gasteiger partial charge in [-0.3, -0.25) is 0 Å². The van der Waals surface area contributed by atoms with Gasteiger partial charge < -0.3 is 10.6 Å². The molecule has 2 unspecified atom stereocenters. The fourth-order valence-corrected chi connectivity index (χ4v) is 2.64. The van der Waals surface area contributed by atoms with Gasteiger partial charge in [-0.05, 0) is 43.4 Å². The molecule has 3 nitrogen and oxygen atoms in total. The highest BCUT2D eigenvalue weighted by atomic mass is 16.2. The van der Waals surface area contributed by atoms with Gasteiger partial charge in [-0.15, -0.1) is 0 Å². The summed E-state index contributed by atoms with van der Waals surface area (Å²) in [6, 6.07) is 8.11. The van der Waals surface area contributed by atoms with Crippen molar-refractivity contribution in [2.45, 2.75) is 45.6 Å². The second-order valence-electron chi connectivity index (χ2n) is 5.44. The topological polar surface area (TPSA) is 41.1 Å². The van der Waals surface area contributed by atoms with Gasteiger partial charge in [0.2, 0.25) is 0 Å². The van der Waals surface area contributed by atoms with Gasteiger partial charge in [0, 0.05) is 11.7 Å². The first-order valence-electron chi connectivity index (χ1n) is 6.77. The van der Waals surface area contributed by atoms with E-state index in [4.69, 9.17) is 0 Å². The molecule has 0 heterocycles. The summed E-state index contributed by atoms with van der Waals surface area (Å²) in [6.45, 7) is 4.28. The lowest BCUT2D eigenvalue weighted by molar-refractivity contribution is 0.238. The van der Waals surface area contributed by atoms with Crippen molar-refractivity contribution in [1.82, 2.24) is 5.32 Å². The van der Waals surface area contributed by atoms with Crippen LogP contribution in [0.5, 0.6) is 0 Å². The minimum Gasteiger partial charge on any atom is -0.335 e. The van der Waals surface area contributed by atoms with Crippen molar-refractivity contribution >= 4 is 11.7 Å². The number of hydrogen-bond acceptors (Lipinski definition) is 1. The van der Waals surface area contributed by atoms with Gasteiger partial charge >= 0.3 is 6.03 Å². The summed E-state index contributed by atoms with van der Waals surface area (Å²) in [6.07, 6.45) is 4.71. The Hall–Kier alpha value is -1.51. The van der Waals surface area contributed by atoms with Crippen LogP contribution in [0.15, 0.2) is 24.3 Å². The van der Waals surface area contributed by atoms with Crippen molar-refractivity contribution in [3.63, 3.8) is 0 Å². The van der Waals surface area contributed by atoms with Gasteiger partial charge in [-0.1, -0.05) is 31.9 Å². The van der Waals surface area contributed by atoms with Crippen molar-refractivity contribution in [2.75, 3.05) is 5.32 Å². The SMILES string of the molecule is Cc1cccc(NC(=O)NC2CCCC(C)C2)c1. The van der Waals surface area contributed by atoms with E-state index < -0.39 is 0 Å². The van der Waals surface area contributed by atoms with E-state index in [9.17, 15) is 4.79 Å². The van der Waals surface area contributed by atoms with E-state index in [-0.39, 0.29) is 6.03 Å². The summed E-state index contributed by atoms with van der Waals surface area (Å²) in [5, 5.41) is 5.96. The minimum absolute atomic E-state index is 0.0836. The third-order valence-electron chi connectivity index (χ3n) is 3.55. The van der Waals surface area contributed by atoms with E-state index in [1.807, 2.05) is 31.2 Å². The van der Waals surface area contributed by atoms with E-state index in [1.165, 1.54) is 12.8 Å². The predicted molar refractivity (Wildman–Crippen MR) is 74.8 cm³/mol. The van der Waals surface area contributed by atoms with E-state index in [0.717, 1.165) is 30.0 Å². The predicted octanol–water partition coefficient (Wildman–Crippen LogP) is 3.70. The molecule has 0 radical (unpaired) electrons. The third-order valence-corrected chi connectivity index (χ3v) is 3.55. The molecule has 0 saturated heterocycles. The van der Waals surface area contributed by atoms with Gasteiger partial charge in [0.1, 0.15) is 0 Å². The molecule has 1 aliphatic rings. The van der Waals surface area contributed by atoms with Crippen LogP contribution < -0.4 is 10.6 Å². The second-order valence-corrected chi connectivity index (χ2v) is 5.44. The lowest BCUT2D eigenvalue weighted by Crippen LogP contribution is -2.40. The van der Waals surface area contributed by atoms with Crippen LogP contribution in [0.25, 0.3) is 0 Å².